The molecule has 1 N–H and O–H groups in total. The molecule has 4 nitrogen and oxygen atoms in total. The Kier molecular flexibility index (Phi) is 7.00. The number of rotatable bonds is 9. The minimum Gasteiger partial charge on any atom is -0.465 e. The summed E-state index contributed by atoms with van der Waals surface area (Å²) < 4.78 is 4.77. The number of anilines is 1. The number of unbranched alkanes of at least 4 members (excludes halogenated alkanes) is 3. The highest BCUT2D eigenvalue weighted by molar-refractivity contribution is 6.04. The molecular weight excluding hydrogens is 434 g/mol. The first kappa shape index (κ1) is 24.1. The summed E-state index contributed by atoms with van der Waals surface area (Å²) in [4.78, 5) is 25.0. The van der Waals surface area contributed by atoms with Crippen LogP contribution in [0.4, 0.5) is 5.69 Å². The molecule has 4 fully saturated rings. The fraction of sp³-hybridized carbons (Fsp3) is 0.548. The smallest absolute Gasteiger partial charge is 0.337 e. The van der Waals surface area contributed by atoms with Crippen LogP contribution < -0.4 is 5.32 Å². The van der Waals surface area contributed by atoms with Crippen molar-refractivity contribution < 1.29 is 14.3 Å². The summed E-state index contributed by atoms with van der Waals surface area (Å²) in [6, 6.07) is 13.4. The molecule has 0 spiro atoms. The average molecular weight is 474 g/mol. The Morgan fingerprint density at radius 2 is 1.51 bits per heavy atom. The molecule has 35 heavy (non-hydrogen) atoms. The van der Waals surface area contributed by atoms with Gasteiger partial charge in [0.15, 0.2) is 0 Å². The number of carbonyl (C=O) groups is 2. The fourth-order valence-electron chi connectivity index (χ4n) is 7.62. The molecule has 0 unspecified atom stereocenters. The number of amides is 1. The molecule has 6 rings (SSSR count). The topological polar surface area (TPSA) is 55.4 Å². The molecule has 0 saturated heterocycles. The fourth-order valence-corrected chi connectivity index (χ4v) is 7.62. The van der Waals surface area contributed by atoms with Crippen molar-refractivity contribution in [1.82, 2.24) is 0 Å². The predicted octanol–water partition coefficient (Wildman–Crippen LogP) is 7.32. The molecule has 0 atom stereocenters. The van der Waals surface area contributed by atoms with E-state index in [0.717, 1.165) is 29.7 Å². The molecule has 0 radical (unpaired) electrons. The van der Waals surface area contributed by atoms with Gasteiger partial charge in [-0.05, 0) is 122 Å². The van der Waals surface area contributed by atoms with E-state index in [9.17, 15) is 9.59 Å². The van der Waals surface area contributed by atoms with Gasteiger partial charge in [0.1, 0.15) is 0 Å². The van der Waals surface area contributed by atoms with E-state index in [1.165, 1.54) is 82.4 Å². The van der Waals surface area contributed by atoms with Gasteiger partial charge in [0.25, 0.3) is 5.91 Å². The van der Waals surface area contributed by atoms with Gasteiger partial charge < -0.3 is 10.1 Å². The highest BCUT2D eigenvalue weighted by Gasteiger charge is 2.52. The van der Waals surface area contributed by atoms with Crippen LogP contribution in [0.25, 0.3) is 0 Å². The number of hydrogen-bond acceptors (Lipinski definition) is 3. The lowest BCUT2D eigenvalue weighted by molar-refractivity contribution is -0.00560. The van der Waals surface area contributed by atoms with Gasteiger partial charge in [0.05, 0.1) is 12.7 Å². The maximum absolute atomic E-state index is 13.3. The maximum atomic E-state index is 13.3. The molecule has 1 amide bonds. The first-order valence-corrected chi connectivity index (χ1v) is 13.6. The van der Waals surface area contributed by atoms with E-state index in [0.29, 0.717) is 11.3 Å². The van der Waals surface area contributed by atoms with Crippen LogP contribution in [-0.2, 0) is 16.6 Å². The van der Waals surface area contributed by atoms with Crippen LogP contribution in [0.1, 0.15) is 103 Å². The Hall–Kier alpha value is -2.62. The number of esters is 1. The van der Waals surface area contributed by atoms with E-state index in [-0.39, 0.29) is 17.3 Å². The van der Waals surface area contributed by atoms with Gasteiger partial charge >= 0.3 is 5.97 Å². The van der Waals surface area contributed by atoms with Crippen LogP contribution in [0.5, 0.6) is 0 Å². The van der Waals surface area contributed by atoms with Crippen LogP contribution in [0.3, 0.4) is 0 Å². The molecule has 4 saturated carbocycles. The second-order valence-corrected chi connectivity index (χ2v) is 11.4. The zero-order valence-electron chi connectivity index (χ0n) is 21.3. The molecule has 0 aromatic heterocycles. The van der Waals surface area contributed by atoms with E-state index in [4.69, 9.17) is 4.74 Å². The summed E-state index contributed by atoms with van der Waals surface area (Å²) in [5.41, 5.74) is 5.12. The highest BCUT2D eigenvalue weighted by atomic mass is 16.5. The zero-order chi connectivity index (χ0) is 24.4. The van der Waals surface area contributed by atoms with E-state index in [2.05, 4.69) is 24.4 Å². The van der Waals surface area contributed by atoms with Crippen molar-refractivity contribution in [3.63, 3.8) is 0 Å². The summed E-state index contributed by atoms with van der Waals surface area (Å²) in [6.07, 6.45) is 14.4. The minimum atomic E-state index is -0.377. The van der Waals surface area contributed by atoms with Crippen molar-refractivity contribution in [1.29, 1.82) is 0 Å². The molecule has 0 aliphatic heterocycles. The first-order valence-electron chi connectivity index (χ1n) is 13.6. The van der Waals surface area contributed by atoms with Crippen LogP contribution in [0.2, 0.25) is 0 Å². The van der Waals surface area contributed by atoms with Crippen LogP contribution >= 0.6 is 0 Å². The number of aryl methyl sites for hydroxylation is 1. The third-order valence-electron chi connectivity index (χ3n) is 8.85. The Morgan fingerprint density at radius 3 is 2.11 bits per heavy atom. The Labute approximate surface area is 209 Å². The van der Waals surface area contributed by atoms with E-state index in [1.54, 1.807) is 24.3 Å². The summed E-state index contributed by atoms with van der Waals surface area (Å²) in [5, 5.41) is 3.03. The Balaban J connectivity index is 1.40. The number of benzene rings is 2. The Bertz CT molecular complexity index is 1040. The third-order valence-corrected chi connectivity index (χ3v) is 8.85. The predicted molar refractivity (Wildman–Crippen MR) is 140 cm³/mol. The second-order valence-electron chi connectivity index (χ2n) is 11.4. The van der Waals surface area contributed by atoms with Crippen molar-refractivity contribution in [2.24, 2.45) is 17.8 Å². The van der Waals surface area contributed by atoms with Crippen LogP contribution in [0.15, 0.2) is 42.5 Å². The summed E-state index contributed by atoms with van der Waals surface area (Å²) in [6.45, 7) is 2.26. The van der Waals surface area contributed by atoms with Gasteiger partial charge in [-0.1, -0.05) is 32.3 Å². The quantitative estimate of drug-likeness (QED) is 0.307. The second kappa shape index (κ2) is 10.2. The molecule has 2 aromatic carbocycles. The maximum Gasteiger partial charge on any atom is 0.337 e. The van der Waals surface area contributed by atoms with Gasteiger partial charge in [0, 0.05) is 11.3 Å². The lowest BCUT2D eigenvalue weighted by Gasteiger charge is -2.57. The molecule has 186 valence electrons. The lowest BCUT2D eigenvalue weighted by atomic mass is 9.47. The highest BCUT2D eigenvalue weighted by Crippen LogP contribution is 2.61. The molecular formula is C31H39NO3. The standard InChI is InChI=1S/C31H39NO3/c1-3-4-5-6-7-24-8-9-26(29(33)32-27-12-10-25(11-13-27)30(34)35-2)17-28(24)31-18-21-14-22(19-31)16-23(15-21)20-31/h8-13,17,21-23H,3-7,14-16,18-20H2,1-2H3,(H,32,33). The van der Waals surface area contributed by atoms with Crippen LogP contribution in [-0.4, -0.2) is 19.0 Å². The van der Waals surface area contributed by atoms with E-state index in [1.807, 2.05) is 6.07 Å². The molecule has 4 aliphatic carbocycles. The van der Waals surface area contributed by atoms with Crippen molar-refractivity contribution in [3.8, 4) is 0 Å². The summed E-state index contributed by atoms with van der Waals surface area (Å²) >= 11 is 0. The van der Waals surface area contributed by atoms with Gasteiger partial charge in [0.2, 0.25) is 0 Å². The minimum absolute atomic E-state index is 0.0840. The molecule has 2 aromatic rings. The largest absolute Gasteiger partial charge is 0.465 e. The zero-order valence-corrected chi connectivity index (χ0v) is 21.3. The van der Waals surface area contributed by atoms with Gasteiger partial charge in [-0.3, -0.25) is 4.79 Å². The summed E-state index contributed by atoms with van der Waals surface area (Å²) in [5.74, 6) is 2.16. The molecule has 0 heterocycles. The monoisotopic (exact) mass is 473 g/mol. The molecule has 4 aliphatic rings. The van der Waals surface area contributed by atoms with Crippen molar-refractivity contribution in [2.75, 3.05) is 12.4 Å². The average Bonchev–Trinajstić information content (AvgIpc) is 2.86. The van der Waals surface area contributed by atoms with Gasteiger partial charge in [-0.25, -0.2) is 4.79 Å². The number of carbonyl (C=O) groups excluding carboxylic acids is 2. The number of methoxy groups -OCH3 is 1. The summed E-state index contributed by atoms with van der Waals surface area (Å²) in [7, 11) is 1.37. The van der Waals surface area contributed by atoms with Crippen molar-refractivity contribution >= 4 is 17.6 Å². The van der Waals surface area contributed by atoms with Crippen molar-refractivity contribution in [2.45, 2.75) is 83.0 Å². The third kappa shape index (κ3) is 5.03. The molecule has 4 bridgehead atoms. The normalized spacial score (nSPS) is 26.5. The number of nitrogens with one attached hydrogen (secondary N) is 1. The number of hydrogen-bond donors (Lipinski definition) is 1. The lowest BCUT2D eigenvalue weighted by Crippen LogP contribution is -2.49. The first-order chi connectivity index (χ1) is 17.0. The van der Waals surface area contributed by atoms with E-state index < -0.39 is 0 Å². The van der Waals surface area contributed by atoms with Gasteiger partial charge in [-0.15, -0.1) is 0 Å². The van der Waals surface area contributed by atoms with Crippen molar-refractivity contribution in [3.05, 3.63) is 64.7 Å². The van der Waals surface area contributed by atoms with Gasteiger partial charge in [-0.2, -0.15) is 0 Å². The van der Waals surface area contributed by atoms with E-state index >= 15 is 0 Å². The Morgan fingerprint density at radius 1 is 0.886 bits per heavy atom. The molecule has 4 heteroatoms. The number of ether oxygens (including phenoxy) is 1. The SMILES string of the molecule is CCCCCCc1ccc(C(=O)Nc2ccc(C(=O)OC)cc2)cc1C12CC3CC(CC(C3)C1)C2. The van der Waals surface area contributed by atoms with Crippen LogP contribution in [0, 0.1) is 17.8 Å².